The molecule has 2 heterocycles. The summed E-state index contributed by atoms with van der Waals surface area (Å²) in [6.45, 7) is 3.52. The lowest BCUT2D eigenvalue weighted by Crippen LogP contribution is -2.39. The van der Waals surface area contributed by atoms with E-state index in [0.717, 1.165) is 36.0 Å². The molecule has 1 aliphatic heterocycles. The molecular formula is C15H21N3O2S. The van der Waals surface area contributed by atoms with Gasteiger partial charge in [0.05, 0.1) is 22.7 Å². The summed E-state index contributed by atoms with van der Waals surface area (Å²) in [5.41, 5.74) is 2.13. The van der Waals surface area contributed by atoms with Crippen molar-refractivity contribution >= 4 is 20.7 Å². The summed E-state index contributed by atoms with van der Waals surface area (Å²) in [6.07, 6.45) is 1.68. The highest BCUT2D eigenvalue weighted by Crippen LogP contribution is 2.19. The fourth-order valence-electron chi connectivity index (χ4n) is 2.99. The molecule has 1 fully saturated rings. The lowest BCUT2D eigenvalue weighted by molar-refractivity contribution is 0.476. The first-order valence-electron chi connectivity index (χ1n) is 7.47. The van der Waals surface area contributed by atoms with E-state index in [4.69, 9.17) is 0 Å². The standard InChI is InChI=1S/C15H21N3O2S/c1-2-18-15-8-4-3-7-13(15)14(17-18)10-16-12-6-5-9-21(19,20)11-12/h3-4,7-8,12,16H,2,5-6,9-11H2,1H3. The molecule has 0 radical (unpaired) electrons. The van der Waals surface area contributed by atoms with E-state index in [1.54, 1.807) is 0 Å². The SMILES string of the molecule is CCn1nc(CNC2CCCS(=O)(=O)C2)c2ccccc21. The van der Waals surface area contributed by atoms with Gasteiger partial charge in [-0.1, -0.05) is 18.2 Å². The smallest absolute Gasteiger partial charge is 0.151 e. The predicted molar refractivity (Wildman–Crippen MR) is 83.9 cm³/mol. The lowest BCUT2D eigenvalue weighted by atomic mass is 10.1. The molecule has 1 atom stereocenters. The lowest BCUT2D eigenvalue weighted by Gasteiger charge is -2.22. The summed E-state index contributed by atoms with van der Waals surface area (Å²) in [7, 11) is -2.87. The van der Waals surface area contributed by atoms with Crippen molar-refractivity contribution in [2.24, 2.45) is 0 Å². The van der Waals surface area contributed by atoms with Crippen molar-refractivity contribution in [3.63, 3.8) is 0 Å². The minimum absolute atomic E-state index is 0.0503. The maximum Gasteiger partial charge on any atom is 0.151 e. The number of rotatable bonds is 4. The Morgan fingerprint density at radius 1 is 1.38 bits per heavy atom. The van der Waals surface area contributed by atoms with E-state index in [1.807, 2.05) is 16.8 Å². The summed E-state index contributed by atoms with van der Waals surface area (Å²) in [5.74, 6) is 0.581. The Morgan fingerprint density at radius 2 is 2.19 bits per heavy atom. The van der Waals surface area contributed by atoms with Crippen molar-refractivity contribution in [2.75, 3.05) is 11.5 Å². The average Bonchev–Trinajstić information content (AvgIpc) is 2.82. The second-order valence-corrected chi connectivity index (χ2v) is 7.84. The number of hydrogen-bond acceptors (Lipinski definition) is 4. The molecule has 0 saturated carbocycles. The Morgan fingerprint density at radius 3 is 2.95 bits per heavy atom. The Hall–Kier alpha value is -1.40. The predicted octanol–water partition coefficient (Wildman–Crippen LogP) is 1.72. The molecule has 5 nitrogen and oxygen atoms in total. The van der Waals surface area contributed by atoms with Crippen LogP contribution in [0, 0.1) is 0 Å². The van der Waals surface area contributed by atoms with Crippen LogP contribution in [0.3, 0.4) is 0 Å². The number of nitrogens with zero attached hydrogens (tertiary/aromatic N) is 2. The van der Waals surface area contributed by atoms with Gasteiger partial charge < -0.3 is 5.32 Å². The molecule has 3 rings (SSSR count). The number of benzene rings is 1. The van der Waals surface area contributed by atoms with Crippen LogP contribution in [-0.2, 0) is 22.9 Å². The Labute approximate surface area is 125 Å². The Kier molecular flexibility index (Phi) is 3.99. The number of aromatic nitrogens is 2. The van der Waals surface area contributed by atoms with Gasteiger partial charge in [0.2, 0.25) is 0 Å². The fraction of sp³-hybridized carbons (Fsp3) is 0.533. The topological polar surface area (TPSA) is 64.0 Å². The summed E-state index contributed by atoms with van der Waals surface area (Å²) in [5, 5.41) is 9.15. The van der Waals surface area contributed by atoms with Gasteiger partial charge in [-0.15, -0.1) is 0 Å². The van der Waals surface area contributed by atoms with Crippen LogP contribution in [0.25, 0.3) is 10.9 Å². The van der Waals surface area contributed by atoms with Gasteiger partial charge in [0.1, 0.15) is 0 Å². The van der Waals surface area contributed by atoms with Crippen molar-refractivity contribution in [3.8, 4) is 0 Å². The van der Waals surface area contributed by atoms with E-state index in [0.29, 0.717) is 12.3 Å². The molecule has 0 amide bonds. The highest BCUT2D eigenvalue weighted by molar-refractivity contribution is 7.91. The van der Waals surface area contributed by atoms with Gasteiger partial charge in [-0.3, -0.25) is 4.68 Å². The average molecular weight is 307 g/mol. The first-order valence-corrected chi connectivity index (χ1v) is 9.29. The minimum Gasteiger partial charge on any atom is -0.307 e. The molecule has 6 heteroatoms. The monoisotopic (exact) mass is 307 g/mol. The van der Waals surface area contributed by atoms with Crippen LogP contribution in [-0.4, -0.2) is 35.7 Å². The van der Waals surface area contributed by atoms with Gasteiger partial charge in [-0.05, 0) is 25.8 Å². The van der Waals surface area contributed by atoms with Gasteiger partial charge in [0.25, 0.3) is 0 Å². The van der Waals surface area contributed by atoms with Crippen molar-refractivity contribution in [1.29, 1.82) is 0 Å². The maximum absolute atomic E-state index is 11.7. The molecule has 2 aromatic rings. The van der Waals surface area contributed by atoms with Gasteiger partial charge >= 0.3 is 0 Å². The van der Waals surface area contributed by atoms with Crippen molar-refractivity contribution in [1.82, 2.24) is 15.1 Å². The molecule has 114 valence electrons. The molecule has 1 aromatic carbocycles. The van der Waals surface area contributed by atoms with Crippen LogP contribution < -0.4 is 5.32 Å². The minimum atomic E-state index is -2.87. The van der Waals surface area contributed by atoms with Crippen LogP contribution in [0.4, 0.5) is 0 Å². The molecule has 1 N–H and O–H groups in total. The number of sulfone groups is 1. The molecule has 0 aliphatic carbocycles. The number of aryl methyl sites for hydroxylation is 1. The zero-order valence-corrected chi connectivity index (χ0v) is 13.1. The normalized spacial score (nSPS) is 21.7. The van der Waals surface area contributed by atoms with Gasteiger partial charge in [0, 0.05) is 24.5 Å². The maximum atomic E-state index is 11.7. The third-order valence-corrected chi connectivity index (χ3v) is 5.88. The van der Waals surface area contributed by atoms with Crippen LogP contribution in [0.1, 0.15) is 25.5 Å². The van der Waals surface area contributed by atoms with E-state index in [1.165, 1.54) is 0 Å². The van der Waals surface area contributed by atoms with Gasteiger partial charge in [-0.25, -0.2) is 8.42 Å². The molecule has 1 unspecified atom stereocenters. The Balaban J connectivity index is 1.76. The summed E-state index contributed by atoms with van der Waals surface area (Å²) < 4.78 is 25.3. The summed E-state index contributed by atoms with van der Waals surface area (Å²) >= 11 is 0. The molecule has 1 saturated heterocycles. The second-order valence-electron chi connectivity index (χ2n) is 5.61. The molecule has 1 aromatic heterocycles. The zero-order valence-electron chi connectivity index (χ0n) is 12.2. The van der Waals surface area contributed by atoms with Crippen molar-refractivity contribution < 1.29 is 8.42 Å². The number of nitrogens with one attached hydrogen (secondary N) is 1. The van der Waals surface area contributed by atoms with Crippen molar-refractivity contribution in [2.45, 2.75) is 38.9 Å². The summed E-state index contributed by atoms with van der Waals surface area (Å²) in [4.78, 5) is 0. The number of hydrogen-bond donors (Lipinski definition) is 1. The van der Waals surface area contributed by atoms with E-state index >= 15 is 0 Å². The highest BCUT2D eigenvalue weighted by Gasteiger charge is 2.24. The molecule has 21 heavy (non-hydrogen) atoms. The van der Waals surface area contributed by atoms with Crippen LogP contribution in [0.2, 0.25) is 0 Å². The van der Waals surface area contributed by atoms with E-state index in [9.17, 15) is 8.42 Å². The highest BCUT2D eigenvalue weighted by atomic mass is 32.2. The van der Waals surface area contributed by atoms with Crippen LogP contribution >= 0.6 is 0 Å². The van der Waals surface area contributed by atoms with E-state index in [2.05, 4.69) is 29.5 Å². The summed E-state index contributed by atoms with van der Waals surface area (Å²) in [6, 6.07) is 8.22. The molecule has 0 bridgehead atoms. The third kappa shape index (κ3) is 3.11. The molecular weight excluding hydrogens is 286 g/mol. The van der Waals surface area contributed by atoms with Gasteiger partial charge in [0.15, 0.2) is 9.84 Å². The number of para-hydroxylation sites is 1. The van der Waals surface area contributed by atoms with Crippen LogP contribution in [0.5, 0.6) is 0 Å². The van der Waals surface area contributed by atoms with E-state index in [-0.39, 0.29) is 11.8 Å². The fourth-order valence-corrected chi connectivity index (χ4v) is 4.66. The van der Waals surface area contributed by atoms with E-state index < -0.39 is 9.84 Å². The van der Waals surface area contributed by atoms with Crippen LogP contribution in [0.15, 0.2) is 24.3 Å². The number of fused-ring (bicyclic) bond motifs is 1. The van der Waals surface area contributed by atoms with Crippen molar-refractivity contribution in [3.05, 3.63) is 30.0 Å². The molecule has 1 aliphatic rings. The Bertz CT molecular complexity index is 736. The second kappa shape index (κ2) is 5.77. The molecule has 0 spiro atoms. The quantitative estimate of drug-likeness (QED) is 0.934. The van der Waals surface area contributed by atoms with Gasteiger partial charge in [-0.2, -0.15) is 5.10 Å². The first-order chi connectivity index (χ1) is 10.1. The third-order valence-electron chi connectivity index (χ3n) is 4.06. The largest absolute Gasteiger partial charge is 0.307 e. The zero-order chi connectivity index (χ0) is 14.9. The first kappa shape index (κ1) is 14.5.